The van der Waals surface area contributed by atoms with Gasteiger partial charge in [-0.1, -0.05) is 0 Å². The fourth-order valence-electron chi connectivity index (χ4n) is 3.21. The summed E-state index contributed by atoms with van der Waals surface area (Å²) in [4.78, 5) is 23.7. The molecule has 1 heterocycles. The molecule has 1 fully saturated rings. The molecule has 3 rings (SSSR count). The van der Waals surface area contributed by atoms with Crippen molar-refractivity contribution in [2.24, 2.45) is 5.92 Å². The molecule has 7 nitrogen and oxygen atoms in total. The average Bonchev–Trinajstić information content (AvgIpc) is 2.70. The van der Waals surface area contributed by atoms with Crippen molar-refractivity contribution in [1.82, 2.24) is 4.31 Å². The van der Waals surface area contributed by atoms with Gasteiger partial charge in [0.25, 0.3) is 0 Å². The Hall–Kier alpha value is -2.78. The zero-order chi connectivity index (χ0) is 21.0. The molecule has 0 aromatic heterocycles. The summed E-state index contributed by atoms with van der Waals surface area (Å²) in [7, 11) is -3.76. The highest BCUT2D eigenvalue weighted by Crippen LogP contribution is 2.25. The fraction of sp³-hybridized carbons (Fsp3) is 0.300. The first-order chi connectivity index (χ1) is 13.8. The van der Waals surface area contributed by atoms with Crippen LogP contribution in [0.3, 0.4) is 0 Å². The third-order valence-electron chi connectivity index (χ3n) is 4.68. The van der Waals surface area contributed by atoms with Gasteiger partial charge >= 0.3 is 0 Å². The quantitative estimate of drug-likeness (QED) is 0.779. The molecule has 0 bridgehead atoms. The van der Waals surface area contributed by atoms with E-state index in [9.17, 15) is 22.4 Å². The van der Waals surface area contributed by atoms with Gasteiger partial charge < -0.3 is 10.6 Å². The number of carbonyl (C=O) groups is 2. The molecule has 9 heteroatoms. The first-order valence-electron chi connectivity index (χ1n) is 9.20. The zero-order valence-electron chi connectivity index (χ0n) is 15.9. The number of sulfonamides is 1. The number of hydrogen-bond acceptors (Lipinski definition) is 4. The lowest BCUT2D eigenvalue weighted by atomic mass is 9.99. The van der Waals surface area contributed by atoms with E-state index in [0.29, 0.717) is 30.8 Å². The maximum absolute atomic E-state index is 13.0. The Labute approximate surface area is 169 Å². The SMILES string of the molecule is CC(=O)Nc1ccc(S(=O)(=O)N2CCC[C@H](C(=O)Nc3ccc(F)cc3)C2)cc1. The van der Waals surface area contributed by atoms with Crippen molar-refractivity contribution in [2.45, 2.75) is 24.7 Å². The number of hydrogen-bond donors (Lipinski definition) is 2. The summed E-state index contributed by atoms with van der Waals surface area (Å²) in [5.74, 6) is -1.44. The van der Waals surface area contributed by atoms with E-state index in [-0.39, 0.29) is 23.3 Å². The molecular weight excluding hydrogens is 397 g/mol. The van der Waals surface area contributed by atoms with Crippen LogP contribution in [0.15, 0.2) is 53.4 Å². The highest BCUT2D eigenvalue weighted by Gasteiger charge is 2.33. The number of anilines is 2. The molecule has 1 saturated heterocycles. The van der Waals surface area contributed by atoms with Crippen molar-refractivity contribution in [3.05, 3.63) is 54.3 Å². The molecule has 29 heavy (non-hydrogen) atoms. The van der Waals surface area contributed by atoms with Crippen molar-refractivity contribution in [1.29, 1.82) is 0 Å². The number of nitrogens with zero attached hydrogens (tertiary/aromatic N) is 1. The molecule has 2 N–H and O–H groups in total. The number of nitrogens with one attached hydrogen (secondary N) is 2. The van der Waals surface area contributed by atoms with Gasteiger partial charge in [0.05, 0.1) is 10.8 Å². The molecule has 2 aromatic rings. The Kier molecular flexibility index (Phi) is 6.29. The van der Waals surface area contributed by atoms with E-state index in [1.165, 1.54) is 59.8 Å². The Morgan fingerprint density at radius 1 is 1.00 bits per heavy atom. The van der Waals surface area contributed by atoms with Crippen molar-refractivity contribution >= 4 is 33.2 Å². The molecule has 1 aliphatic rings. The molecule has 1 atom stereocenters. The van der Waals surface area contributed by atoms with Crippen LogP contribution in [0.1, 0.15) is 19.8 Å². The summed E-state index contributed by atoms with van der Waals surface area (Å²) < 4.78 is 40.2. The van der Waals surface area contributed by atoms with Crippen LogP contribution < -0.4 is 10.6 Å². The number of carbonyl (C=O) groups excluding carboxylic acids is 2. The second-order valence-electron chi connectivity index (χ2n) is 6.90. The summed E-state index contributed by atoms with van der Waals surface area (Å²) >= 11 is 0. The van der Waals surface area contributed by atoms with E-state index in [2.05, 4.69) is 10.6 Å². The molecule has 0 unspecified atom stereocenters. The summed E-state index contributed by atoms with van der Waals surface area (Å²) in [6.07, 6.45) is 1.13. The second kappa shape index (κ2) is 8.71. The normalized spacial score (nSPS) is 17.5. The Morgan fingerprint density at radius 3 is 2.21 bits per heavy atom. The van der Waals surface area contributed by atoms with Crippen LogP contribution in [0, 0.1) is 11.7 Å². The average molecular weight is 419 g/mol. The van der Waals surface area contributed by atoms with Crippen molar-refractivity contribution < 1.29 is 22.4 Å². The molecule has 0 saturated carbocycles. The minimum Gasteiger partial charge on any atom is -0.326 e. The Bertz CT molecular complexity index is 991. The first-order valence-corrected chi connectivity index (χ1v) is 10.6. The Morgan fingerprint density at radius 2 is 1.59 bits per heavy atom. The largest absolute Gasteiger partial charge is 0.326 e. The van der Waals surface area contributed by atoms with Gasteiger partial charge in [0.15, 0.2) is 0 Å². The van der Waals surface area contributed by atoms with Crippen LogP contribution in [0.25, 0.3) is 0 Å². The van der Waals surface area contributed by atoms with Gasteiger partial charge in [0, 0.05) is 31.4 Å². The molecule has 154 valence electrons. The smallest absolute Gasteiger partial charge is 0.243 e. The van der Waals surface area contributed by atoms with Gasteiger partial charge in [-0.2, -0.15) is 4.31 Å². The van der Waals surface area contributed by atoms with Crippen molar-refractivity contribution in [3.63, 3.8) is 0 Å². The van der Waals surface area contributed by atoms with E-state index >= 15 is 0 Å². The van der Waals surface area contributed by atoms with Gasteiger partial charge in [0.1, 0.15) is 5.82 Å². The van der Waals surface area contributed by atoms with Crippen LogP contribution in [0.4, 0.5) is 15.8 Å². The first kappa shape index (κ1) is 20.9. The van der Waals surface area contributed by atoms with Gasteiger partial charge in [-0.15, -0.1) is 0 Å². The summed E-state index contributed by atoms with van der Waals surface area (Å²) in [5.41, 5.74) is 0.969. The van der Waals surface area contributed by atoms with Gasteiger partial charge in [-0.25, -0.2) is 12.8 Å². The van der Waals surface area contributed by atoms with E-state index in [1.54, 1.807) is 0 Å². The molecule has 2 amide bonds. The number of rotatable bonds is 5. The lowest BCUT2D eigenvalue weighted by Crippen LogP contribution is -2.43. The molecular formula is C20H22FN3O4S. The third-order valence-corrected chi connectivity index (χ3v) is 6.56. The van der Waals surface area contributed by atoms with Crippen LogP contribution in [-0.4, -0.2) is 37.6 Å². The van der Waals surface area contributed by atoms with Crippen molar-refractivity contribution in [2.75, 3.05) is 23.7 Å². The lowest BCUT2D eigenvalue weighted by molar-refractivity contribution is -0.121. The Balaban J connectivity index is 1.69. The summed E-state index contributed by atoms with van der Waals surface area (Å²) in [6.45, 7) is 1.77. The van der Waals surface area contributed by atoms with Crippen LogP contribution >= 0.6 is 0 Å². The van der Waals surface area contributed by atoms with Crippen LogP contribution in [-0.2, 0) is 19.6 Å². The van der Waals surface area contributed by atoms with Crippen LogP contribution in [0.2, 0.25) is 0 Å². The van der Waals surface area contributed by atoms with E-state index < -0.39 is 21.8 Å². The van der Waals surface area contributed by atoms with Gasteiger partial charge in [-0.05, 0) is 61.4 Å². The predicted molar refractivity (Wildman–Crippen MR) is 107 cm³/mol. The third kappa shape index (κ3) is 5.18. The summed E-state index contributed by atoms with van der Waals surface area (Å²) in [6, 6.07) is 11.3. The molecule has 0 radical (unpaired) electrons. The maximum atomic E-state index is 13.0. The van der Waals surface area contributed by atoms with Crippen molar-refractivity contribution in [3.8, 4) is 0 Å². The fourth-order valence-corrected chi connectivity index (χ4v) is 4.74. The molecule has 0 spiro atoms. The summed E-state index contributed by atoms with van der Waals surface area (Å²) in [5, 5.41) is 5.30. The topological polar surface area (TPSA) is 95.6 Å². The van der Waals surface area contributed by atoms with Gasteiger partial charge in [-0.3, -0.25) is 9.59 Å². The predicted octanol–water partition coefficient (Wildman–Crippen LogP) is 2.82. The highest BCUT2D eigenvalue weighted by atomic mass is 32.2. The molecule has 0 aliphatic carbocycles. The molecule has 1 aliphatic heterocycles. The molecule has 2 aromatic carbocycles. The number of halogens is 1. The zero-order valence-corrected chi connectivity index (χ0v) is 16.7. The number of amides is 2. The van der Waals surface area contributed by atoms with E-state index in [0.717, 1.165) is 0 Å². The van der Waals surface area contributed by atoms with Gasteiger partial charge in [0.2, 0.25) is 21.8 Å². The minimum atomic E-state index is -3.76. The number of benzene rings is 2. The lowest BCUT2D eigenvalue weighted by Gasteiger charge is -2.31. The van der Waals surface area contributed by atoms with E-state index in [1.807, 2.05) is 0 Å². The van der Waals surface area contributed by atoms with Crippen LogP contribution in [0.5, 0.6) is 0 Å². The number of piperidine rings is 1. The standard InChI is InChI=1S/C20H22FN3O4S/c1-14(25)22-17-8-10-19(11-9-17)29(27,28)24-12-2-3-15(13-24)20(26)23-18-6-4-16(21)5-7-18/h4-11,15H,2-3,12-13H2,1H3,(H,22,25)(H,23,26)/t15-/m0/s1. The maximum Gasteiger partial charge on any atom is 0.243 e. The highest BCUT2D eigenvalue weighted by molar-refractivity contribution is 7.89. The monoisotopic (exact) mass is 419 g/mol. The minimum absolute atomic E-state index is 0.0722. The van der Waals surface area contributed by atoms with E-state index in [4.69, 9.17) is 0 Å². The second-order valence-corrected chi connectivity index (χ2v) is 8.84.